The van der Waals surface area contributed by atoms with E-state index in [4.69, 9.17) is 5.73 Å². The minimum Gasteiger partial charge on any atom is -0.319 e. The number of nitrogens with zero attached hydrogens (tertiary/aromatic N) is 2. The largest absolute Gasteiger partial charge is 0.319 e. The number of rotatable bonds is 4. The van der Waals surface area contributed by atoms with Crippen molar-refractivity contribution >= 4 is 0 Å². The average Bonchev–Trinajstić information content (AvgIpc) is 2.80. The van der Waals surface area contributed by atoms with Crippen LogP contribution >= 0.6 is 0 Å². The molecule has 0 amide bonds. The lowest BCUT2D eigenvalue weighted by Gasteiger charge is -2.17. The molecule has 3 heteroatoms. The van der Waals surface area contributed by atoms with Crippen LogP contribution in [0.2, 0.25) is 0 Å². The standard InChI is InChI=1S/C15H21N3/c1-4-9-18-14(7-8-17-18)15(16)13-10-11(2)5-6-12(13)3/h5-8,10,15H,4,9,16H2,1-3H3. The van der Waals surface area contributed by atoms with Gasteiger partial charge < -0.3 is 5.73 Å². The van der Waals surface area contributed by atoms with Gasteiger partial charge in [-0.25, -0.2) is 0 Å². The van der Waals surface area contributed by atoms with E-state index in [9.17, 15) is 0 Å². The first-order valence-electron chi connectivity index (χ1n) is 6.48. The highest BCUT2D eigenvalue weighted by molar-refractivity contribution is 5.36. The predicted octanol–water partition coefficient (Wildman–Crippen LogP) is 2.96. The molecule has 0 aliphatic carbocycles. The zero-order valence-electron chi connectivity index (χ0n) is 11.4. The van der Waals surface area contributed by atoms with Crippen LogP contribution < -0.4 is 5.73 Å². The maximum absolute atomic E-state index is 6.40. The van der Waals surface area contributed by atoms with Crippen molar-refractivity contribution in [1.82, 2.24) is 9.78 Å². The Labute approximate surface area is 109 Å². The molecule has 0 aliphatic heterocycles. The summed E-state index contributed by atoms with van der Waals surface area (Å²) in [7, 11) is 0. The lowest BCUT2D eigenvalue weighted by atomic mass is 9.97. The van der Waals surface area contributed by atoms with Gasteiger partial charge in [0.25, 0.3) is 0 Å². The molecule has 1 aromatic heterocycles. The van der Waals surface area contributed by atoms with Gasteiger partial charge in [-0.05, 0) is 37.5 Å². The van der Waals surface area contributed by atoms with Gasteiger partial charge in [0.1, 0.15) is 0 Å². The molecule has 1 atom stereocenters. The average molecular weight is 243 g/mol. The Morgan fingerprint density at radius 2 is 2.06 bits per heavy atom. The Bertz CT molecular complexity index is 528. The van der Waals surface area contributed by atoms with Crippen LogP contribution in [0, 0.1) is 13.8 Å². The van der Waals surface area contributed by atoms with Gasteiger partial charge in [-0.3, -0.25) is 4.68 Å². The van der Waals surface area contributed by atoms with Crippen LogP contribution in [-0.4, -0.2) is 9.78 Å². The molecule has 0 bridgehead atoms. The minimum absolute atomic E-state index is 0.0982. The van der Waals surface area contributed by atoms with Crippen LogP contribution in [0.3, 0.4) is 0 Å². The second-order valence-corrected chi connectivity index (χ2v) is 4.82. The van der Waals surface area contributed by atoms with Gasteiger partial charge in [0, 0.05) is 12.7 Å². The van der Waals surface area contributed by atoms with Crippen LogP contribution in [0.4, 0.5) is 0 Å². The molecule has 2 rings (SSSR count). The summed E-state index contributed by atoms with van der Waals surface area (Å²) in [5.74, 6) is 0. The third-order valence-electron chi connectivity index (χ3n) is 3.27. The minimum atomic E-state index is -0.0982. The molecule has 0 fully saturated rings. The van der Waals surface area contributed by atoms with E-state index in [1.54, 1.807) is 0 Å². The summed E-state index contributed by atoms with van der Waals surface area (Å²) in [6, 6.07) is 8.34. The number of nitrogens with two attached hydrogens (primary N) is 1. The number of benzene rings is 1. The summed E-state index contributed by atoms with van der Waals surface area (Å²) in [5.41, 5.74) is 11.2. The van der Waals surface area contributed by atoms with Crippen molar-refractivity contribution in [1.29, 1.82) is 0 Å². The van der Waals surface area contributed by atoms with E-state index in [1.165, 1.54) is 16.7 Å². The van der Waals surface area contributed by atoms with E-state index in [0.29, 0.717) is 0 Å². The summed E-state index contributed by atoms with van der Waals surface area (Å²) in [5, 5.41) is 4.34. The van der Waals surface area contributed by atoms with Crippen molar-refractivity contribution < 1.29 is 0 Å². The number of aryl methyl sites for hydroxylation is 3. The quantitative estimate of drug-likeness (QED) is 0.897. The monoisotopic (exact) mass is 243 g/mol. The van der Waals surface area contributed by atoms with E-state index in [2.05, 4.69) is 44.1 Å². The smallest absolute Gasteiger partial charge is 0.0725 e. The lowest BCUT2D eigenvalue weighted by molar-refractivity contribution is 0.559. The van der Waals surface area contributed by atoms with Crippen LogP contribution in [0.5, 0.6) is 0 Å². The molecule has 1 heterocycles. The molecule has 96 valence electrons. The van der Waals surface area contributed by atoms with Gasteiger partial charge in [-0.1, -0.05) is 30.7 Å². The second-order valence-electron chi connectivity index (χ2n) is 4.82. The van der Waals surface area contributed by atoms with Crippen LogP contribution in [0.15, 0.2) is 30.5 Å². The molecule has 0 aliphatic rings. The Balaban J connectivity index is 2.38. The molecule has 0 spiro atoms. The third kappa shape index (κ3) is 2.46. The zero-order chi connectivity index (χ0) is 13.1. The van der Waals surface area contributed by atoms with Crippen LogP contribution in [0.25, 0.3) is 0 Å². The molecule has 18 heavy (non-hydrogen) atoms. The molecular weight excluding hydrogens is 222 g/mol. The summed E-state index contributed by atoms with van der Waals surface area (Å²) in [4.78, 5) is 0. The number of hydrogen-bond donors (Lipinski definition) is 1. The normalized spacial score (nSPS) is 12.7. The lowest BCUT2D eigenvalue weighted by Crippen LogP contribution is -2.18. The van der Waals surface area contributed by atoms with Gasteiger partial charge in [0.2, 0.25) is 0 Å². The number of hydrogen-bond acceptors (Lipinski definition) is 2. The van der Waals surface area contributed by atoms with Crippen LogP contribution in [-0.2, 0) is 6.54 Å². The Morgan fingerprint density at radius 1 is 1.28 bits per heavy atom. The molecular formula is C15H21N3. The Kier molecular flexibility index (Phi) is 3.82. The molecule has 0 saturated heterocycles. The summed E-state index contributed by atoms with van der Waals surface area (Å²) in [6.45, 7) is 7.27. The van der Waals surface area contributed by atoms with Crippen molar-refractivity contribution in [3.05, 3.63) is 52.8 Å². The fraction of sp³-hybridized carbons (Fsp3) is 0.400. The summed E-state index contributed by atoms with van der Waals surface area (Å²) in [6.07, 6.45) is 2.89. The van der Waals surface area contributed by atoms with Crippen molar-refractivity contribution in [2.75, 3.05) is 0 Å². The van der Waals surface area contributed by atoms with Crippen molar-refractivity contribution in [2.45, 2.75) is 39.8 Å². The first kappa shape index (κ1) is 12.8. The molecule has 2 N–H and O–H groups in total. The molecule has 2 aromatic rings. The summed E-state index contributed by atoms with van der Waals surface area (Å²) >= 11 is 0. The van der Waals surface area contributed by atoms with Gasteiger partial charge in [-0.15, -0.1) is 0 Å². The van der Waals surface area contributed by atoms with Crippen molar-refractivity contribution in [3.63, 3.8) is 0 Å². The second kappa shape index (κ2) is 5.36. The van der Waals surface area contributed by atoms with E-state index >= 15 is 0 Å². The van der Waals surface area contributed by atoms with E-state index < -0.39 is 0 Å². The number of aromatic nitrogens is 2. The van der Waals surface area contributed by atoms with Crippen LogP contribution in [0.1, 0.15) is 41.8 Å². The Hall–Kier alpha value is -1.61. The highest BCUT2D eigenvalue weighted by Crippen LogP contribution is 2.23. The molecule has 0 radical (unpaired) electrons. The molecule has 3 nitrogen and oxygen atoms in total. The SMILES string of the molecule is CCCn1nccc1C(N)c1cc(C)ccc1C. The molecule has 1 aromatic carbocycles. The fourth-order valence-corrected chi connectivity index (χ4v) is 2.26. The van der Waals surface area contributed by atoms with Gasteiger partial charge in [-0.2, -0.15) is 5.10 Å². The highest BCUT2D eigenvalue weighted by atomic mass is 15.3. The van der Waals surface area contributed by atoms with Crippen molar-refractivity contribution in [3.8, 4) is 0 Å². The zero-order valence-corrected chi connectivity index (χ0v) is 11.4. The maximum Gasteiger partial charge on any atom is 0.0725 e. The first-order valence-corrected chi connectivity index (χ1v) is 6.48. The van der Waals surface area contributed by atoms with Gasteiger partial charge in [0.15, 0.2) is 0 Å². The molecule has 1 unspecified atom stereocenters. The van der Waals surface area contributed by atoms with Gasteiger partial charge in [0.05, 0.1) is 11.7 Å². The highest BCUT2D eigenvalue weighted by Gasteiger charge is 2.15. The van der Waals surface area contributed by atoms with E-state index in [0.717, 1.165) is 18.7 Å². The van der Waals surface area contributed by atoms with Gasteiger partial charge >= 0.3 is 0 Å². The van der Waals surface area contributed by atoms with Crippen molar-refractivity contribution in [2.24, 2.45) is 5.73 Å². The fourth-order valence-electron chi connectivity index (χ4n) is 2.26. The topological polar surface area (TPSA) is 43.8 Å². The summed E-state index contributed by atoms with van der Waals surface area (Å²) < 4.78 is 2.01. The molecule has 0 saturated carbocycles. The van der Waals surface area contributed by atoms with E-state index in [1.807, 2.05) is 16.9 Å². The predicted molar refractivity (Wildman–Crippen MR) is 74.5 cm³/mol. The first-order chi connectivity index (χ1) is 8.63. The third-order valence-corrected chi connectivity index (χ3v) is 3.27. The maximum atomic E-state index is 6.40. The Morgan fingerprint density at radius 3 is 2.78 bits per heavy atom. The van der Waals surface area contributed by atoms with E-state index in [-0.39, 0.29) is 6.04 Å².